The number of aryl methyl sites for hydroxylation is 1. The van der Waals surface area contributed by atoms with Crippen molar-refractivity contribution in [2.45, 2.75) is 6.92 Å². The normalized spacial score (nSPS) is 10.2. The molecule has 0 fully saturated rings. The monoisotopic (exact) mass is 228 g/mol. The highest BCUT2D eigenvalue weighted by molar-refractivity contribution is 5.92. The van der Waals surface area contributed by atoms with Gasteiger partial charge < -0.3 is 11.5 Å². The summed E-state index contributed by atoms with van der Waals surface area (Å²) in [5, 5.41) is 0. The number of nitrogen functional groups attached to an aromatic ring is 1. The highest BCUT2D eigenvalue weighted by atomic mass is 16.1. The van der Waals surface area contributed by atoms with Crippen LogP contribution in [0, 0.1) is 6.92 Å². The smallest absolute Gasteiger partial charge is 0.267 e. The molecule has 86 valence electrons. The molecule has 2 aromatic heterocycles. The number of nitrogens with two attached hydrogens (primary N) is 2. The summed E-state index contributed by atoms with van der Waals surface area (Å²) in [6, 6.07) is 7.06. The molecule has 0 atom stereocenters. The fourth-order valence-corrected chi connectivity index (χ4v) is 1.61. The molecule has 0 radical (unpaired) electrons. The minimum absolute atomic E-state index is 0.232. The molecule has 1 amide bonds. The Morgan fingerprint density at radius 3 is 2.65 bits per heavy atom. The van der Waals surface area contributed by atoms with Gasteiger partial charge in [0.1, 0.15) is 11.5 Å². The van der Waals surface area contributed by atoms with Gasteiger partial charge in [-0.25, -0.2) is 4.98 Å². The fraction of sp³-hybridized carbons (Fsp3) is 0.0833. The molecule has 5 heteroatoms. The SMILES string of the molecule is Cc1cc(-c2ccnc(C(N)=O)c2)cc(N)n1. The van der Waals surface area contributed by atoms with Crippen molar-refractivity contribution in [1.82, 2.24) is 9.97 Å². The lowest BCUT2D eigenvalue weighted by molar-refractivity contribution is 0.0995. The Labute approximate surface area is 98.5 Å². The molecule has 0 unspecified atom stereocenters. The maximum absolute atomic E-state index is 11.0. The molecule has 5 nitrogen and oxygen atoms in total. The summed E-state index contributed by atoms with van der Waals surface area (Å²) in [5.74, 6) is -0.108. The Balaban J connectivity index is 2.52. The largest absolute Gasteiger partial charge is 0.384 e. The third-order valence-corrected chi connectivity index (χ3v) is 2.32. The van der Waals surface area contributed by atoms with Gasteiger partial charge in [-0.15, -0.1) is 0 Å². The van der Waals surface area contributed by atoms with Crippen molar-refractivity contribution in [2.24, 2.45) is 5.73 Å². The topological polar surface area (TPSA) is 94.9 Å². The summed E-state index contributed by atoms with van der Waals surface area (Å²) in [5.41, 5.74) is 13.6. The van der Waals surface area contributed by atoms with E-state index in [9.17, 15) is 4.79 Å². The molecule has 0 spiro atoms. The number of rotatable bonds is 2. The van der Waals surface area contributed by atoms with Crippen LogP contribution < -0.4 is 11.5 Å². The average Bonchev–Trinajstić information content (AvgIpc) is 2.28. The zero-order valence-electron chi connectivity index (χ0n) is 9.34. The first-order valence-corrected chi connectivity index (χ1v) is 5.06. The van der Waals surface area contributed by atoms with E-state index in [2.05, 4.69) is 9.97 Å². The number of hydrogen-bond acceptors (Lipinski definition) is 4. The van der Waals surface area contributed by atoms with E-state index in [-0.39, 0.29) is 5.69 Å². The molecule has 17 heavy (non-hydrogen) atoms. The fourth-order valence-electron chi connectivity index (χ4n) is 1.61. The number of aromatic nitrogens is 2. The Morgan fingerprint density at radius 1 is 1.24 bits per heavy atom. The van der Waals surface area contributed by atoms with E-state index in [0.29, 0.717) is 5.82 Å². The van der Waals surface area contributed by atoms with Crippen LogP contribution in [0.5, 0.6) is 0 Å². The zero-order chi connectivity index (χ0) is 12.4. The van der Waals surface area contributed by atoms with Crippen molar-refractivity contribution in [3.8, 4) is 11.1 Å². The molecule has 0 saturated heterocycles. The lowest BCUT2D eigenvalue weighted by Crippen LogP contribution is -2.12. The van der Waals surface area contributed by atoms with E-state index in [4.69, 9.17) is 11.5 Å². The number of anilines is 1. The lowest BCUT2D eigenvalue weighted by Gasteiger charge is -2.05. The number of carbonyl (C=O) groups is 1. The Hall–Kier alpha value is -2.43. The Morgan fingerprint density at radius 2 is 2.00 bits per heavy atom. The summed E-state index contributed by atoms with van der Waals surface area (Å²) < 4.78 is 0. The summed E-state index contributed by atoms with van der Waals surface area (Å²) in [7, 11) is 0. The maximum Gasteiger partial charge on any atom is 0.267 e. The van der Waals surface area contributed by atoms with Crippen LogP contribution in [0.1, 0.15) is 16.2 Å². The first-order chi connectivity index (χ1) is 8.06. The van der Waals surface area contributed by atoms with Gasteiger partial charge in [-0.3, -0.25) is 9.78 Å². The molecular weight excluding hydrogens is 216 g/mol. The van der Waals surface area contributed by atoms with Crippen LogP contribution in [-0.4, -0.2) is 15.9 Å². The summed E-state index contributed by atoms with van der Waals surface area (Å²) in [6.07, 6.45) is 1.54. The predicted molar refractivity (Wildman–Crippen MR) is 65.1 cm³/mol. The van der Waals surface area contributed by atoms with Crippen LogP contribution in [0.3, 0.4) is 0 Å². The summed E-state index contributed by atoms with van der Waals surface area (Å²) in [6.45, 7) is 1.86. The number of primary amides is 1. The predicted octanol–water partition coefficient (Wildman–Crippen LogP) is 1.13. The standard InChI is InChI=1S/C12H12N4O/c1-7-4-9(6-11(13)16-7)8-2-3-15-10(5-8)12(14)17/h2-6H,1H3,(H2,13,16)(H2,14,17). The van der Waals surface area contributed by atoms with E-state index < -0.39 is 5.91 Å². The molecule has 0 aliphatic rings. The minimum Gasteiger partial charge on any atom is -0.384 e. The molecule has 0 aliphatic carbocycles. The van der Waals surface area contributed by atoms with E-state index in [1.807, 2.05) is 13.0 Å². The van der Waals surface area contributed by atoms with Gasteiger partial charge in [0.15, 0.2) is 0 Å². The molecule has 2 aromatic rings. The minimum atomic E-state index is -0.550. The van der Waals surface area contributed by atoms with Gasteiger partial charge in [0.25, 0.3) is 5.91 Å². The second-order valence-corrected chi connectivity index (χ2v) is 3.72. The average molecular weight is 228 g/mol. The Kier molecular flexibility index (Phi) is 2.74. The van der Waals surface area contributed by atoms with Crippen molar-refractivity contribution in [2.75, 3.05) is 5.73 Å². The molecule has 0 saturated carbocycles. The van der Waals surface area contributed by atoms with Gasteiger partial charge in [0.2, 0.25) is 0 Å². The second kappa shape index (κ2) is 4.21. The summed E-state index contributed by atoms with van der Waals surface area (Å²) in [4.78, 5) is 19.0. The number of pyridine rings is 2. The van der Waals surface area contributed by atoms with Gasteiger partial charge in [-0.05, 0) is 42.3 Å². The van der Waals surface area contributed by atoms with Crippen LogP contribution in [0.15, 0.2) is 30.5 Å². The van der Waals surface area contributed by atoms with E-state index in [0.717, 1.165) is 16.8 Å². The van der Waals surface area contributed by atoms with Gasteiger partial charge in [-0.2, -0.15) is 0 Å². The van der Waals surface area contributed by atoms with E-state index in [1.165, 1.54) is 0 Å². The summed E-state index contributed by atoms with van der Waals surface area (Å²) >= 11 is 0. The van der Waals surface area contributed by atoms with Crippen LogP contribution >= 0.6 is 0 Å². The number of amides is 1. The van der Waals surface area contributed by atoms with Crippen molar-refractivity contribution in [3.05, 3.63) is 41.9 Å². The first-order valence-electron chi connectivity index (χ1n) is 5.06. The van der Waals surface area contributed by atoms with E-state index in [1.54, 1.807) is 24.4 Å². The third-order valence-electron chi connectivity index (χ3n) is 2.32. The maximum atomic E-state index is 11.0. The van der Waals surface area contributed by atoms with Crippen molar-refractivity contribution < 1.29 is 4.79 Å². The molecule has 0 aliphatic heterocycles. The van der Waals surface area contributed by atoms with Gasteiger partial charge in [0.05, 0.1) is 0 Å². The van der Waals surface area contributed by atoms with Crippen molar-refractivity contribution >= 4 is 11.7 Å². The highest BCUT2D eigenvalue weighted by Gasteiger charge is 2.06. The van der Waals surface area contributed by atoms with Crippen molar-refractivity contribution in [3.63, 3.8) is 0 Å². The number of hydrogen-bond donors (Lipinski definition) is 2. The lowest BCUT2D eigenvalue weighted by atomic mass is 10.1. The highest BCUT2D eigenvalue weighted by Crippen LogP contribution is 2.21. The number of carbonyl (C=O) groups excluding carboxylic acids is 1. The van der Waals surface area contributed by atoms with E-state index >= 15 is 0 Å². The van der Waals surface area contributed by atoms with Gasteiger partial charge in [0, 0.05) is 11.9 Å². The third kappa shape index (κ3) is 2.39. The van der Waals surface area contributed by atoms with Crippen LogP contribution in [0.2, 0.25) is 0 Å². The van der Waals surface area contributed by atoms with Crippen LogP contribution in [0.25, 0.3) is 11.1 Å². The van der Waals surface area contributed by atoms with Gasteiger partial charge in [-0.1, -0.05) is 0 Å². The molecule has 2 heterocycles. The zero-order valence-corrected chi connectivity index (χ0v) is 9.34. The molecule has 4 N–H and O–H groups in total. The number of nitrogens with zero attached hydrogens (tertiary/aromatic N) is 2. The molecule has 0 aromatic carbocycles. The molecular formula is C12H12N4O. The quantitative estimate of drug-likeness (QED) is 0.805. The van der Waals surface area contributed by atoms with Crippen LogP contribution in [-0.2, 0) is 0 Å². The molecule has 2 rings (SSSR count). The van der Waals surface area contributed by atoms with Crippen LogP contribution in [0.4, 0.5) is 5.82 Å². The molecule has 0 bridgehead atoms. The Bertz CT molecular complexity index is 560. The second-order valence-electron chi connectivity index (χ2n) is 3.72. The van der Waals surface area contributed by atoms with Crippen molar-refractivity contribution in [1.29, 1.82) is 0 Å². The first kappa shape index (κ1) is 11.1. The van der Waals surface area contributed by atoms with Gasteiger partial charge >= 0.3 is 0 Å².